The number of nitrogens with zero attached hydrogens (tertiary/aromatic N) is 3. The predicted octanol–water partition coefficient (Wildman–Crippen LogP) is 6.28. The van der Waals surface area contributed by atoms with Crippen molar-refractivity contribution in [2.75, 3.05) is 7.11 Å². The summed E-state index contributed by atoms with van der Waals surface area (Å²) in [6.45, 7) is 6.51. The van der Waals surface area contributed by atoms with Gasteiger partial charge >= 0.3 is 6.09 Å². The summed E-state index contributed by atoms with van der Waals surface area (Å²) in [6.07, 6.45) is 4.41. The first-order chi connectivity index (χ1) is 17.5. The molecule has 7 nitrogen and oxygen atoms in total. The lowest BCUT2D eigenvalue weighted by atomic mass is 10.0. The van der Waals surface area contributed by atoms with E-state index in [0.29, 0.717) is 23.9 Å². The Morgan fingerprint density at radius 3 is 2.58 bits per heavy atom. The number of fused-ring (bicyclic) bond motifs is 1. The normalized spacial score (nSPS) is 11.9. The SMILES string of the molecule is CCc1nc(C(CC(C)C)NC(=O)OCc2ccccc2)nc2ccc(-c3ccncc3OC)cc12. The van der Waals surface area contributed by atoms with E-state index in [4.69, 9.17) is 19.4 Å². The summed E-state index contributed by atoms with van der Waals surface area (Å²) in [4.78, 5) is 26.6. The van der Waals surface area contributed by atoms with E-state index in [9.17, 15) is 4.79 Å². The number of ether oxygens (including phenoxy) is 2. The van der Waals surface area contributed by atoms with Crippen LogP contribution < -0.4 is 10.1 Å². The quantitative estimate of drug-likeness (QED) is 0.301. The van der Waals surface area contributed by atoms with E-state index in [-0.39, 0.29) is 12.6 Å². The molecule has 0 aliphatic carbocycles. The largest absolute Gasteiger partial charge is 0.494 e. The zero-order valence-corrected chi connectivity index (χ0v) is 21.2. The van der Waals surface area contributed by atoms with Crippen molar-refractivity contribution >= 4 is 17.0 Å². The first kappa shape index (κ1) is 25.1. The first-order valence-corrected chi connectivity index (χ1v) is 12.2. The van der Waals surface area contributed by atoms with Crippen molar-refractivity contribution in [3.63, 3.8) is 0 Å². The molecule has 2 aromatic carbocycles. The molecule has 1 amide bonds. The lowest BCUT2D eigenvalue weighted by molar-refractivity contribution is 0.133. The number of benzene rings is 2. The fraction of sp³-hybridized carbons (Fsp3) is 0.310. The Bertz CT molecular complexity index is 1320. The maximum atomic E-state index is 12.7. The number of hydrogen-bond acceptors (Lipinski definition) is 6. The van der Waals surface area contributed by atoms with Crippen LogP contribution in [0.5, 0.6) is 5.75 Å². The summed E-state index contributed by atoms with van der Waals surface area (Å²) in [7, 11) is 1.64. The van der Waals surface area contributed by atoms with Crippen molar-refractivity contribution in [1.29, 1.82) is 0 Å². The second-order valence-electron chi connectivity index (χ2n) is 9.08. The molecule has 0 aliphatic heterocycles. The number of aromatic nitrogens is 3. The van der Waals surface area contributed by atoms with Crippen molar-refractivity contribution in [1.82, 2.24) is 20.3 Å². The molecular weight excluding hydrogens is 452 g/mol. The van der Waals surface area contributed by atoms with Gasteiger partial charge in [0.1, 0.15) is 12.4 Å². The fourth-order valence-electron chi connectivity index (χ4n) is 4.19. The van der Waals surface area contributed by atoms with Gasteiger partial charge < -0.3 is 14.8 Å². The lowest BCUT2D eigenvalue weighted by Gasteiger charge is -2.21. The number of aryl methyl sites for hydroxylation is 1. The van der Waals surface area contributed by atoms with Crippen LogP contribution in [0.25, 0.3) is 22.0 Å². The van der Waals surface area contributed by atoms with Gasteiger partial charge in [-0.3, -0.25) is 4.98 Å². The molecule has 0 fully saturated rings. The van der Waals surface area contributed by atoms with E-state index in [2.05, 4.69) is 37.1 Å². The Balaban J connectivity index is 1.63. The van der Waals surface area contributed by atoms with Crippen molar-refractivity contribution < 1.29 is 14.3 Å². The minimum Gasteiger partial charge on any atom is -0.494 e. The number of nitrogens with one attached hydrogen (secondary N) is 1. The van der Waals surface area contributed by atoms with Crippen LogP contribution in [0, 0.1) is 5.92 Å². The number of carbonyl (C=O) groups is 1. The lowest BCUT2D eigenvalue weighted by Crippen LogP contribution is -2.31. The minimum atomic E-state index is -0.480. The van der Waals surface area contributed by atoms with Crippen LogP contribution in [0.2, 0.25) is 0 Å². The first-order valence-electron chi connectivity index (χ1n) is 12.2. The molecule has 0 saturated heterocycles. The zero-order chi connectivity index (χ0) is 25.5. The van der Waals surface area contributed by atoms with E-state index >= 15 is 0 Å². The number of hydrogen-bond donors (Lipinski definition) is 1. The Morgan fingerprint density at radius 1 is 1.06 bits per heavy atom. The molecular formula is C29H32N4O3. The molecule has 4 aromatic rings. The van der Waals surface area contributed by atoms with Gasteiger partial charge in [0.2, 0.25) is 0 Å². The van der Waals surface area contributed by atoms with E-state index in [0.717, 1.165) is 39.7 Å². The van der Waals surface area contributed by atoms with Crippen LogP contribution in [-0.4, -0.2) is 28.2 Å². The molecule has 0 bridgehead atoms. The molecule has 36 heavy (non-hydrogen) atoms. The molecule has 0 saturated carbocycles. The Morgan fingerprint density at radius 2 is 1.86 bits per heavy atom. The monoisotopic (exact) mass is 484 g/mol. The van der Waals surface area contributed by atoms with Crippen molar-refractivity contribution in [3.8, 4) is 16.9 Å². The topological polar surface area (TPSA) is 86.2 Å². The van der Waals surface area contributed by atoms with Crippen LogP contribution in [0.15, 0.2) is 67.0 Å². The third kappa shape index (κ3) is 5.97. The standard InChI is InChI=1S/C29H32N4O3/c1-5-24-23-16-21(22-13-14-30-17-27(22)35-4)11-12-25(23)32-28(31-24)26(15-19(2)3)33-29(34)36-18-20-9-7-6-8-10-20/h6-14,16-17,19,26H,5,15,18H2,1-4H3,(H,33,34). The van der Waals surface area contributed by atoms with Gasteiger partial charge in [0.15, 0.2) is 5.82 Å². The van der Waals surface area contributed by atoms with Crippen LogP contribution in [0.4, 0.5) is 4.79 Å². The van der Waals surface area contributed by atoms with E-state index in [1.807, 2.05) is 48.5 Å². The van der Waals surface area contributed by atoms with Crippen LogP contribution in [0.3, 0.4) is 0 Å². The molecule has 1 unspecified atom stereocenters. The second-order valence-corrected chi connectivity index (χ2v) is 9.08. The molecule has 2 aromatic heterocycles. The molecule has 186 valence electrons. The van der Waals surface area contributed by atoms with Gasteiger partial charge in [0, 0.05) is 17.1 Å². The summed E-state index contributed by atoms with van der Waals surface area (Å²) in [6, 6.07) is 17.3. The average Bonchev–Trinajstić information content (AvgIpc) is 2.91. The van der Waals surface area contributed by atoms with E-state index < -0.39 is 6.09 Å². The van der Waals surface area contributed by atoms with Gasteiger partial charge in [-0.05, 0) is 48.1 Å². The number of pyridine rings is 1. The molecule has 0 spiro atoms. The zero-order valence-electron chi connectivity index (χ0n) is 21.2. The molecule has 1 atom stereocenters. The number of methoxy groups -OCH3 is 1. The Kier molecular flexibility index (Phi) is 8.10. The molecule has 4 rings (SSSR count). The molecule has 0 radical (unpaired) electrons. The van der Waals surface area contributed by atoms with Crippen molar-refractivity contribution in [2.45, 2.75) is 46.3 Å². The van der Waals surface area contributed by atoms with Crippen molar-refractivity contribution in [3.05, 3.63) is 84.1 Å². The summed E-state index contributed by atoms with van der Waals surface area (Å²) < 4.78 is 11.0. The smallest absolute Gasteiger partial charge is 0.408 e. The molecule has 0 aliphatic rings. The van der Waals surface area contributed by atoms with E-state index in [1.165, 1.54) is 0 Å². The average molecular weight is 485 g/mol. The molecule has 7 heteroatoms. The summed E-state index contributed by atoms with van der Waals surface area (Å²) in [5.41, 5.74) is 4.67. The maximum Gasteiger partial charge on any atom is 0.408 e. The number of alkyl carbamates (subject to hydrolysis) is 1. The number of rotatable bonds is 9. The van der Waals surface area contributed by atoms with Gasteiger partial charge in [0.05, 0.1) is 30.6 Å². The van der Waals surface area contributed by atoms with Gasteiger partial charge in [-0.25, -0.2) is 14.8 Å². The highest BCUT2D eigenvalue weighted by Crippen LogP contribution is 2.32. The molecule has 2 heterocycles. The number of carbonyl (C=O) groups excluding carboxylic acids is 1. The third-order valence-electron chi connectivity index (χ3n) is 5.97. The van der Waals surface area contributed by atoms with E-state index in [1.54, 1.807) is 19.5 Å². The third-order valence-corrected chi connectivity index (χ3v) is 5.97. The van der Waals surface area contributed by atoms with Gasteiger partial charge in [0.25, 0.3) is 0 Å². The fourth-order valence-corrected chi connectivity index (χ4v) is 4.19. The summed E-state index contributed by atoms with van der Waals surface area (Å²) in [5, 5.41) is 3.97. The van der Waals surface area contributed by atoms with Gasteiger partial charge in [-0.2, -0.15) is 0 Å². The van der Waals surface area contributed by atoms with Gasteiger partial charge in [-0.15, -0.1) is 0 Å². The minimum absolute atomic E-state index is 0.209. The summed E-state index contributed by atoms with van der Waals surface area (Å²) in [5.74, 6) is 1.64. The highest BCUT2D eigenvalue weighted by Gasteiger charge is 2.22. The highest BCUT2D eigenvalue weighted by atomic mass is 16.5. The van der Waals surface area contributed by atoms with Crippen LogP contribution in [-0.2, 0) is 17.8 Å². The molecule has 1 N–H and O–H groups in total. The Hall–Kier alpha value is -4.00. The van der Waals surface area contributed by atoms with Crippen LogP contribution in [0.1, 0.15) is 50.3 Å². The van der Waals surface area contributed by atoms with Crippen LogP contribution >= 0.6 is 0 Å². The van der Waals surface area contributed by atoms with Gasteiger partial charge in [-0.1, -0.05) is 57.2 Å². The summed E-state index contributed by atoms with van der Waals surface area (Å²) >= 11 is 0. The Labute approximate surface area is 211 Å². The highest BCUT2D eigenvalue weighted by molar-refractivity contribution is 5.87. The predicted molar refractivity (Wildman–Crippen MR) is 141 cm³/mol. The second kappa shape index (κ2) is 11.6. The maximum absolute atomic E-state index is 12.7. The van der Waals surface area contributed by atoms with Crippen molar-refractivity contribution in [2.24, 2.45) is 5.92 Å². The number of amides is 1.